The van der Waals surface area contributed by atoms with E-state index in [1.807, 2.05) is 49.4 Å². The van der Waals surface area contributed by atoms with E-state index < -0.39 is 15.4 Å². The van der Waals surface area contributed by atoms with Crippen LogP contribution in [0.5, 0.6) is 0 Å². The maximum absolute atomic E-state index is 12.2. The first kappa shape index (κ1) is 16.0. The number of anilines is 1. The Kier molecular flexibility index (Phi) is 4.12. The van der Waals surface area contributed by atoms with Crippen molar-refractivity contribution in [3.8, 4) is 0 Å². The number of rotatable bonds is 4. The maximum Gasteiger partial charge on any atom is 0.238 e. The van der Waals surface area contributed by atoms with Crippen LogP contribution in [0.2, 0.25) is 0 Å². The highest BCUT2D eigenvalue weighted by Crippen LogP contribution is 2.24. The average molecular weight is 332 g/mol. The van der Waals surface area contributed by atoms with E-state index in [2.05, 4.69) is 10.6 Å². The number of nitrogens with one attached hydrogen (secondary N) is 2. The zero-order valence-electron chi connectivity index (χ0n) is 13.0. The van der Waals surface area contributed by atoms with Gasteiger partial charge in [-0.25, -0.2) is 8.42 Å². The number of fused-ring (bicyclic) bond motifs is 1. The molecule has 1 fully saturated rings. The van der Waals surface area contributed by atoms with E-state index >= 15 is 0 Å². The van der Waals surface area contributed by atoms with Gasteiger partial charge in [-0.15, -0.1) is 0 Å². The highest BCUT2D eigenvalue weighted by molar-refractivity contribution is 7.91. The second kappa shape index (κ2) is 5.94. The number of carbonyl (C=O) groups excluding carboxylic acids is 1. The summed E-state index contributed by atoms with van der Waals surface area (Å²) in [7, 11) is -2.98. The van der Waals surface area contributed by atoms with Crippen molar-refractivity contribution in [2.45, 2.75) is 18.9 Å². The monoisotopic (exact) mass is 332 g/mol. The Labute approximate surface area is 136 Å². The Morgan fingerprint density at radius 1 is 1.17 bits per heavy atom. The zero-order valence-corrected chi connectivity index (χ0v) is 13.8. The first-order valence-electron chi connectivity index (χ1n) is 7.60. The van der Waals surface area contributed by atoms with Crippen molar-refractivity contribution in [1.29, 1.82) is 0 Å². The lowest BCUT2D eigenvalue weighted by Gasteiger charge is -2.23. The van der Waals surface area contributed by atoms with E-state index in [1.54, 1.807) is 0 Å². The second-order valence-corrected chi connectivity index (χ2v) is 8.52. The van der Waals surface area contributed by atoms with Crippen molar-refractivity contribution in [1.82, 2.24) is 5.32 Å². The fraction of sp³-hybridized carbons (Fsp3) is 0.353. The molecule has 1 aliphatic rings. The largest absolute Gasteiger partial charge is 0.324 e. The van der Waals surface area contributed by atoms with Gasteiger partial charge in [0.2, 0.25) is 5.91 Å². The summed E-state index contributed by atoms with van der Waals surface area (Å²) in [6.07, 6.45) is 0.539. The molecule has 1 saturated heterocycles. The molecule has 0 bridgehead atoms. The summed E-state index contributed by atoms with van der Waals surface area (Å²) in [4.78, 5) is 12.2. The molecular formula is C17H20N2O3S. The van der Waals surface area contributed by atoms with Gasteiger partial charge in [0.05, 0.1) is 18.1 Å². The fourth-order valence-corrected chi connectivity index (χ4v) is 5.10. The van der Waals surface area contributed by atoms with Gasteiger partial charge >= 0.3 is 0 Å². The first-order chi connectivity index (χ1) is 10.9. The highest BCUT2D eigenvalue weighted by Gasteiger charge is 2.38. The molecule has 3 rings (SSSR count). The van der Waals surface area contributed by atoms with Gasteiger partial charge in [-0.05, 0) is 24.8 Å². The van der Waals surface area contributed by atoms with Crippen LogP contribution in [0.15, 0.2) is 42.5 Å². The molecule has 1 atom stereocenters. The Morgan fingerprint density at radius 3 is 2.65 bits per heavy atom. The van der Waals surface area contributed by atoms with Crippen LogP contribution in [0.4, 0.5) is 5.69 Å². The molecule has 0 aromatic heterocycles. The van der Waals surface area contributed by atoms with E-state index in [0.29, 0.717) is 6.42 Å². The molecule has 1 amide bonds. The number of amides is 1. The lowest BCUT2D eigenvalue weighted by molar-refractivity contribution is -0.115. The smallest absolute Gasteiger partial charge is 0.238 e. The Morgan fingerprint density at radius 2 is 1.91 bits per heavy atom. The predicted molar refractivity (Wildman–Crippen MR) is 92.3 cm³/mol. The van der Waals surface area contributed by atoms with Crippen molar-refractivity contribution < 1.29 is 13.2 Å². The molecule has 1 aliphatic heterocycles. The average Bonchev–Trinajstić information content (AvgIpc) is 2.80. The number of benzene rings is 2. The predicted octanol–water partition coefficient (Wildman–Crippen LogP) is 1.95. The van der Waals surface area contributed by atoms with Crippen molar-refractivity contribution in [3.63, 3.8) is 0 Å². The summed E-state index contributed by atoms with van der Waals surface area (Å²) < 4.78 is 23.2. The molecule has 122 valence electrons. The molecule has 2 aromatic carbocycles. The zero-order chi connectivity index (χ0) is 16.5. The molecule has 2 aromatic rings. The molecule has 0 aliphatic carbocycles. The summed E-state index contributed by atoms with van der Waals surface area (Å²) in [6.45, 7) is 1.94. The van der Waals surface area contributed by atoms with Gasteiger partial charge in [0.25, 0.3) is 0 Å². The van der Waals surface area contributed by atoms with Crippen LogP contribution in [-0.2, 0) is 14.6 Å². The SMILES string of the molecule is CC1(NCC(=O)Nc2cccc3ccccc23)CCS(=O)(=O)C1. The lowest BCUT2D eigenvalue weighted by Crippen LogP contribution is -2.46. The van der Waals surface area contributed by atoms with Crippen molar-refractivity contribution in [2.24, 2.45) is 0 Å². The third-order valence-electron chi connectivity index (χ3n) is 4.24. The summed E-state index contributed by atoms with van der Waals surface area (Å²) in [5, 5.41) is 8.03. The Hall–Kier alpha value is -1.92. The molecule has 0 saturated carbocycles. The molecule has 0 radical (unpaired) electrons. The number of carbonyl (C=O) groups is 1. The minimum atomic E-state index is -2.98. The van der Waals surface area contributed by atoms with Crippen LogP contribution in [0.3, 0.4) is 0 Å². The third kappa shape index (κ3) is 3.71. The number of hydrogen-bond acceptors (Lipinski definition) is 4. The highest BCUT2D eigenvalue weighted by atomic mass is 32.2. The van der Waals surface area contributed by atoms with Gasteiger partial charge < -0.3 is 10.6 Å². The summed E-state index contributed by atoms with van der Waals surface area (Å²) in [5.74, 6) is 0.0927. The first-order valence-corrected chi connectivity index (χ1v) is 9.42. The van der Waals surface area contributed by atoms with Crippen LogP contribution in [0.25, 0.3) is 10.8 Å². The third-order valence-corrected chi connectivity index (χ3v) is 6.15. The number of hydrogen-bond donors (Lipinski definition) is 2. The van der Waals surface area contributed by atoms with Gasteiger partial charge in [-0.3, -0.25) is 4.79 Å². The van der Waals surface area contributed by atoms with Gasteiger partial charge in [-0.1, -0.05) is 36.4 Å². The molecule has 23 heavy (non-hydrogen) atoms. The van der Waals surface area contributed by atoms with Crippen molar-refractivity contribution in [2.75, 3.05) is 23.4 Å². The van der Waals surface area contributed by atoms with Crippen LogP contribution in [0.1, 0.15) is 13.3 Å². The van der Waals surface area contributed by atoms with Crippen LogP contribution >= 0.6 is 0 Å². The van der Waals surface area contributed by atoms with Gasteiger partial charge in [-0.2, -0.15) is 0 Å². The maximum atomic E-state index is 12.2. The van der Waals surface area contributed by atoms with E-state index in [4.69, 9.17) is 0 Å². The van der Waals surface area contributed by atoms with E-state index in [0.717, 1.165) is 16.5 Å². The fourth-order valence-electron chi connectivity index (χ4n) is 2.97. The molecule has 1 heterocycles. The molecule has 1 unspecified atom stereocenters. The standard InChI is InChI=1S/C17H20N2O3S/c1-17(9-10-23(21,22)12-17)18-11-16(20)19-15-8-4-6-13-5-2-3-7-14(13)15/h2-8,18H,9-12H2,1H3,(H,19,20). The normalized spacial score (nSPS) is 23.0. The summed E-state index contributed by atoms with van der Waals surface area (Å²) in [6, 6.07) is 13.6. The molecule has 2 N–H and O–H groups in total. The van der Waals surface area contributed by atoms with Crippen molar-refractivity contribution in [3.05, 3.63) is 42.5 Å². The molecular weight excluding hydrogens is 312 g/mol. The van der Waals surface area contributed by atoms with Crippen molar-refractivity contribution >= 4 is 32.2 Å². The summed E-state index contributed by atoms with van der Waals surface area (Å²) in [5.41, 5.74) is 0.244. The van der Waals surface area contributed by atoms with E-state index in [1.165, 1.54) is 0 Å². The summed E-state index contributed by atoms with van der Waals surface area (Å²) >= 11 is 0. The van der Waals surface area contributed by atoms with Crippen LogP contribution in [0, 0.1) is 0 Å². The second-order valence-electron chi connectivity index (χ2n) is 6.33. The van der Waals surface area contributed by atoms with Gasteiger partial charge in [0.15, 0.2) is 9.84 Å². The minimum Gasteiger partial charge on any atom is -0.324 e. The number of sulfone groups is 1. The Bertz CT molecular complexity index is 843. The van der Waals surface area contributed by atoms with Gasteiger partial charge in [0, 0.05) is 16.6 Å². The lowest BCUT2D eigenvalue weighted by atomic mass is 10.0. The molecule has 0 spiro atoms. The Balaban J connectivity index is 1.66. The van der Waals surface area contributed by atoms with E-state index in [9.17, 15) is 13.2 Å². The topological polar surface area (TPSA) is 75.3 Å². The quantitative estimate of drug-likeness (QED) is 0.897. The van der Waals surface area contributed by atoms with Crippen LogP contribution < -0.4 is 10.6 Å². The molecule has 6 heteroatoms. The van der Waals surface area contributed by atoms with E-state index in [-0.39, 0.29) is 24.0 Å². The van der Waals surface area contributed by atoms with Gasteiger partial charge in [0.1, 0.15) is 0 Å². The minimum absolute atomic E-state index is 0.0849. The molecule has 5 nitrogen and oxygen atoms in total. The van der Waals surface area contributed by atoms with Crippen LogP contribution in [-0.4, -0.2) is 37.9 Å².